The molecule has 2 unspecified atom stereocenters. The molecule has 2 rings (SSSR count). The summed E-state index contributed by atoms with van der Waals surface area (Å²) in [6.45, 7) is 7.23. The predicted octanol–water partition coefficient (Wildman–Crippen LogP) is 2.09. The van der Waals surface area contributed by atoms with E-state index in [9.17, 15) is 9.90 Å². The molecule has 4 heteroatoms. The van der Waals surface area contributed by atoms with Crippen molar-refractivity contribution in [3.8, 4) is 0 Å². The summed E-state index contributed by atoms with van der Waals surface area (Å²) in [7, 11) is 0. The molecule has 19 heavy (non-hydrogen) atoms. The summed E-state index contributed by atoms with van der Waals surface area (Å²) < 4.78 is 0. The van der Waals surface area contributed by atoms with Crippen LogP contribution in [-0.2, 0) is 4.79 Å². The molecule has 0 saturated heterocycles. The number of carbonyl (C=O) groups is 1. The number of nitrogens with one attached hydrogen (secondary N) is 1. The van der Waals surface area contributed by atoms with Gasteiger partial charge in [0.25, 0.3) is 0 Å². The Kier molecular flexibility index (Phi) is 4.85. The zero-order valence-electron chi connectivity index (χ0n) is 12.3. The molecular formula is C15H28N2O2. The van der Waals surface area contributed by atoms with Crippen LogP contribution in [0.2, 0.25) is 0 Å². The van der Waals surface area contributed by atoms with Crippen molar-refractivity contribution in [1.29, 1.82) is 0 Å². The number of likely N-dealkylation sites (N-methyl/N-ethyl adjacent to an activating group) is 1. The minimum Gasteiger partial charge on any atom is -0.480 e. The van der Waals surface area contributed by atoms with Gasteiger partial charge < -0.3 is 15.3 Å². The molecule has 2 atom stereocenters. The molecule has 2 fully saturated rings. The van der Waals surface area contributed by atoms with Gasteiger partial charge in [0.1, 0.15) is 5.54 Å². The zero-order valence-corrected chi connectivity index (χ0v) is 12.3. The molecule has 2 N–H and O–H groups in total. The van der Waals surface area contributed by atoms with Gasteiger partial charge in [-0.15, -0.1) is 0 Å². The molecule has 0 aromatic rings. The van der Waals surface area contributed by atoms with E-state index in [0.29, 0.717) is 6.04 Å². The van der Waals surface area contributed by atoms with Crippen LogP contribution in [0.3, 0.4) is 0 Å². The smallest absolute Gasteiger partial charge is 0.323 e. The lowest BCUT2D eigenvalue weighted by Crippen LogP contribution is -2.51. The topological polar surface area (TPSA) is 52.6 Å². The number of rotatable bonds is 8. The third kappa shape index (κ3) is 3.48. The predicted molar refractivity (Wildman–Crippen MR) is 76.3 cm³/mol. The van der Waals surface area contributed by atoms with Gasteiger partial charge in [0.2, 0.25) is 0 Å². The van der Waals surface area contributed by atoms with E-state index in [4.69, 9.17) is 0 Å². The van der Waals surface area contributed by atoms with Gasteiger partial charge in [-0.2, -0.15) is 0 Å². The molecule has 0 amide bonds. The molecule has 4 nitrogen and oxygen atoms in total. The molecule has 0 radical (unpaired) electrons. The van der Waals surface area contributed by atoms with Crippen molar-refractivity contribution in [3.05, 3.63) is 0 Å². The number of hydrogen-bond acceptors (Lipinski definition) is 3. The first-order valence-electron chi connectivity index (χ1n) is 7.83. The molecule has 0 bridgehead atoms. The third-order valence-electron chi connectivity index (χ3n) is 4.63. The molecule has 0 aromatic carbocycles. The second-order valence-corrected chi connectivity index (χ2v) is 6.25. The Morgan fingerprint density at radius 3 is 2.63 bits per heavy atom. The van der Waals surface area contributed by atoms with Crippen LogP contribution in [0, 0.1) is 5.92 Å². The maximum atomic E-state index is 11.6. The van der Waals surface area contributed by atoms with Crippen molar-refractivity contribution >= 4 is 5.97 Å². The minimum absolute atomic E-state index is 0.454. The Morgan fingerprint density at radius 1 is 1.37 bits per heavy atom. The average Bonchev–Trinajstić information content (AvgIpc) is 3.08. The van der Waals surface area contributed by atoms with E-state index in [0.717, 1.165) is 44.7 Å². The van der Waals surface area contributed by atoms with Crippen LogP contribution in [-0.4, -0.2) is 47.2 Å². The Hall–Kier alpha value is -0.610. The summed E-state index contributed by atoms with van der Waals surface area (Å²) in [6.07, 6.45) is 6.44. The quantitative estimate of drug-likeness (QED) is 0.708. The Balaban J connectivity index is 1.98. The molecule has 2 aliphatic carbocycles. The lowest BCUT2D eigenvalue weighted by Gasteiger charge is -2.31. The maximum absolute atomic E-state index is 11.6. The summed E-state index contributed by atoms with van der Waals surface area (Å²) in [5.74, 6) is 0.213. The molecule has 0 heterocycles. The summed E-state index contributed by atoms with van der Waals surface area (Å²) in [5.41, 5.74) is -0.672. The van der Waals surface area contributed by atoms with Gasteiger partial charge >= 0.3 is 5.97 Å². The summed E-state index contributed by atoms with van der Waals surface area (Å²) in [6, 6.07) is 0.454. The second kappa shape index (κ2) is 6.23. The number of aliphatic carboxylic acids is 1. The number of hydrogen-bond donors (Lipinski definition) is 2. The first-order valence-corrected chi connectivity index (χ1v) is 7.83. The maximum Gasteiger partial charge on any atom is 0.323 e. The third-order valence-corrected chi connectivity index (χ3v) is 4.63. The van der Waals surface area contributed by atoms with Crippen molar-refractivity contribution in [2.75, 3.05) is 19.6 Å². The van der Waals surface area contributed by atoms with E-state index in [1.54, 1.807) is 0 Å². The van der Waals surface area contributed by atoms with Crippen molar-refractivity contribution in [1.82, 2.24) is 10.2 Å². The van der Waals surface area contributed by atoms with Crippen LogP contribution in [0.5, 0.6) is 0 Å². The molecule has 0 spiro atoms. The normalized spacial score (nSPS) is 31.0. The van der Waals surface area contributed by atoms with E-state index in [1.165, 1.54) is 19.4 Å². The van der Waals surface area contributed by atoms with Crippen LogP contribution in [0.4, 0.5) is 0 Å². The molecule has 0 aliphatic heterocycles. The highest BCUT2D eigenvalue weighted by Gasteiger charge is 2.46. The van der Waals surface area contributed by atoms with E-state index >= 15 is 0 Å². The summed E-state index contributed by atoms with van der Waals surface area (Å²) >= 11 is 0. The number of carboxylic acid groups (broad SMARTS) is 1. The van der Waals surface area contributed by atoms with Crippen LogP contribution < -0.4 is 5.32 Å². The Morgan fingerprint density at radius 2 is 2.11 bits per heavy atom. The fourth-order valence-electron chi connectivity index (χ4n) is 3.44. The molecule has 2 aliphatic rings. The van der Waals surface area contributed by atoms with Crippen LogP contribution in [0.15, 0.2) is 0 Å². The first-order chi connectivity index (χ1) is 9.11. The standard InChI is InChI=1S/C15H28N2O2/c1-3-9-17(11-12-5-6-12)13-7-8-15(10-13,14(18)19)16-4-2/h12-13,16H,3-11H2,1-2H3,(H,18,19). The second-order valence-electron chi connectivity index (χ2n) is 6.25. The Bertz CT molecular complexity index is 317. The highest BCUT2D eigenvalue weighted by atomic mass is 16.4. The van der Waals surface area contributed by atoms with Crippen molar-refractivity contribution in [2.24, 2.45) is 5.92 Å². The fraction of sp³-hybridized carbons (Fsp3) is 0.933. The van der Waals surface area contributed by atoms with Gasteiger partial charge in [0, 0.05) is 12.6 Å². The van der Waals surface area contributed by atoms with Gasteiger partial charge in [-0.25, -0.2) is 0 Å². The first kappa shape index (κ1) is 14.8. The lowest BCUT2D eigenvalue weighted by atomic mass is 9.97. The highest BCUT2D eigenvalue weighted by Crippen LogP contribution is 2.36. The van der Waals surface area contributed by atoms with Crippen LogP contribution in [0.1, 0.15) is 52.4 Å². The largest absolute Gasteiger partial charge is 0.480 e. The van der Waals surface area contributed by atoms with Gasteiger partial charge in [0.05, 0.1) is 0 Å². The monoisotopic (exact) mass is 268 g/mol. The van der Waals surface area contributed by atoms with Gasteiger partial charge in [-0.3, -0.25) is 4.79 Å². The van der Waals surface area contributed by atoms with Gasteiger partial charge in [0.15, 0.2) is 0 Å². The van der Waals surface area contributed by atoms with Crippen molar-refractivity contribution < 1.29 is 9.90 Å². The Labute approximate surface area is 116 Å². The molecule has 2 saturated carbocycles. The van der Waals surface area contributed by atoms with Crippen LogP contribution in [0.25, 0.3) is 0 Å². The van der Waals surface area contributed by atoms with Crippen LogP contribution >= 0.6 is 0 Å². The average molecular weight is 268 g/mol. The number of carboxylic acids is 1. The van der Waals surface area contributed by atoms with E-state index in [1.807, 2.05) is 6.92 Å². The van der Waals surface area contributed by atoms with E-state index in [2.05, 4.69) is 17.1 Å². The van der Waals surface area contributed by atoms with Crippen molar-refractivity contribution in [3.63, 3.8) is 0 Å². The molecule has 110 valence electrons. The van der Waals surface area contributed by atoms with E-state index < -0.39 is 11.5 Å². The zero-order chi connectivity index (χ0) is 13.9. The minimum atomic E-state index is -0.672. The fourth-order valence-corrected chi connectivity index (χ4v) is 3.44. The summed E-state index contributed by atoms with van der Waals surface area (Å²) in [5, 5.41) is 12.8. The van der Waals surface area contributed by atoms with E-state index in [-0.39, 0.29) is 0 Å². The van der Waals surface area contributed by atoms with Crippen molar-refractivity contribution in [2.45, 2.75) is 64.0 Å². The summed E-state index contributed by atoms with van der Waals surface area (Å²) in [4.78, 5) is 14.1. The molecule has 0 aromatic heterocycles. The lowest BCUT2D eigenvalue weighted by molar-refractivity contribution is -0.144. The van der Waals surface area contributed by atoms with Gasteiger partial charge in [-0.1, -0.05) is 13.8 Å². The van der Waals surface area contributed by atoms with Gasteiger partial charge in [-0.05, 0) is 57.5 Å². The highest BCUT2D eigenvalue weighted by molar-refractivity contribution is 5.79. The SMILES string of the molecule is CCCN(CC1CC1)C1CCC(NCC)(C(=O)O)C1. The molecular weight excluding hydrogens is 240 g/mol. The number of nitrogens with zero attached hydrogens (tertiary/aromatic N) is 1.